The number of rotatable bonds is 3. The molecular formula is C13H12BrN3O. The zero-order chi connectivity index (χ0) is 13.1. The van der Waals surface area contributed by atoms with Gasteiger partial charge in [-0.05, 0) is 40.0 Å². The van der Waals surface area contributed by atoms with Gasteiger partial charge in [-0.15, -0.1) is 0 Å². The van der Waals surface area contributed by atoms with Gasteiger partial charge < -0.3 is 9.72 Å². The summed E-state index contributed by atoms with van der Waals surface area (Å²) < 4.78 is 5.91. The fourth-order valence-corrected chi connectivity index (χ4v) is 2.08. The predicted molar refractivity (Wildman–Crippen MR) is 72.4 cm³/mol. The molecule has 2 aromatic rings. The molecule has 1 aromatic heterocycles. The largest absolute Gasteiger partial charge is 0.496 e. The first-order valence-corrected chi connectivity index (χ1v) is 6.31. The fraction of sp³-hybridized carbons (Fsp3) is 0.231. The Kier molecular flexibility index (Phi) is 3.68. The first kappa shape index (κ1) is 12.7. The van der Waals surface area contributed by atoms with Crippen LogP contribution in [-0.4, -0.2) is 17.1 Å². The van der Waals surface area contributed by atoms with Crippen LogP contribution in [0.5, 0.6) is 5.75 Å². The summed E-state index contributed by atoms with van der Waals surface area (Å²) in [5, 5.41) is 8.91. The molecule has 92 valence electrons. The Hall–Kier alpha value is -1.80. The first-order chi connectivity index (χ1) is 8.69. The molecule has 1 heterocycles. The molecule has 2 rings (SSSR count). The van der Waals surface area contributed by atoms with Crippen molar-refractivity contribution in [3.05, 3.63) is 34.1 Å². The number of ether oxygens (including phenoxy) is 1. The monoisotopic (exact) mass is 305 g/mol. The van der Waals surface area contributed by atoms with Crippen molar-refractivity contribution in [2.75, 3.05) is 7.11 Å². The summed E-state index contributed by atoms with van der Waals surface area (Å²) in [6.45, 7) is 2.09. The van der Waals surface area contributed by atoms with Gasteiger partial charge in [-0.25, -0.2) is 4.98 Å². The highest BCUT2D eigenvalue weighted by atomic mass is 79.9. The van der Waals surface area contributed by atoms with Crippen LogP contribution in [0.1, 0.15) is 18.2 Å². The molecular weight excluding hydrogens is 294 g/mol. The van der Waals surface area contributed by atoms with Crippen LogP contribution in [0.2, 0.25) is 0 Å². The molecule has 0 unspecified atom stereocenters. The molecule has 0 radical (unpaired) electrons. The minimum atomic E-state index is 0.342. The number of nitrogens with one attached hydrogen (secondary N) is 1. The molecule has 0 aliphatic rings. The lowest BCUT2D eigenvalue weighted by Crippen LogP contribution is -1.91. The number of aromatic nitrogens is 2. The lowest BCUT2D eigenvalue weighted by molar-refractivity contribution is 0.416. The van der Waals surface area contributed by atoms with E-state index >= 15 is 0 Å². The van der Waals surface area contributed by atoms with Crippen LogP contribution >= 0.6 is 15.9 Å². The third kappa shape index (κ3) is 2.24. The van der Waals surface area contributed by atoms with Crippen LogP contribution in [0.15, 0.2) is 22.8 Å². The minimum absolute atomic E-state index is 0.342. The number of hydrogen-bond donors (Lipinski definition) is 1. The highest BCUT2D eigenvalue weighted by molar-refractivity contribution is 9.10. The number of benzene rings is 1. The fourth-order valence-electron chi connectivity index (χ4n) is 1.71. The van der Waals surface area contributed by atoms with E-state index in [1.54, 1.807) is 7.11 Å². The SMILES string of the molecule is CCc1ccc(OC)c(-c2nc(C#N)c(Br)[nH]2)c1. The van der Waals surface area contributed by atoms with Gasteiger partial charge in [0.1, 0.15) is 22.2 Å². The Balaban J connectivity index is 2.57. The van der Waals surface area contributed by atoms with Crippen molar-refractivity contribution in [2.24, 2.45) is 0 Å². The number of aromatic amines is 1. The van der Waals surface area contributed by atoms with Crippen molar-refractivity contribution in [3.63, 3.8) is 0 Å². The molecule has 0 saturated carbocycles. The lowest BCUT2D eigenvalue weighted by atomic mass is 10.1. The van der Waals surface area contributed by atoms with Gasteiger partial charge in [0.25, 0.3) is 0 Å². The zero-order valence-electron chi connectivity index (χ0n) is 10.1. The molecule has 1 aromatic carbocycles. The van der Waals surface area contributed by atoms with Crippen molar-refractivity contribution in [1.82, 2.24) is 9.97 Å². The average Bonchev–Trinajstić information content (AvgIpc) is 2.79. The summed E-state index contributed by atoms with van der Waals surface area (Å²) in [4.78, 5) is 7.28. The highest BCUT2D eigenvalue weighted by Crippen LogP contribution is 2.30. The Morgan fingerprint density at radius 3 is 2.83 bits per heavy atom. The van der Waals surface area contributed by atoms with E-state index in [0.717, 1.165) is 17.7 Å². The second-order valence-electron chi connectivity index (χ2n) is 3.75. The van der Waals surface area contributed by atoms with E-state index in [1.807, 2.05) is 24.3 Å². The van der Waals surface area contributed by atoms with Crippen LogP contribution in [0.4, 0.5) is 0 Å². The summed E-state index contributed by atoms with van der Waals surface area (Å²) in [7, 11) is 1.62. The van der Waals surface area contributed by atoms with E-state index in [1.165, 1.54) is 5.56 Å². The smallest absolute Gasteiger partial charge is 0.173 e. The van der Waals surface area contributed by atoms with Gasteiger partial charge in [0.15, 0.2) is 5.69 Å². The van der Waals surface area contributed by atoms with E-state index < -0.39 is 0 Å². The molecule has 5 heteroatoms. The Morgan fingerprint density at radius 2 is 2.28 bits per heavy atom. The van der Waals surface area contributed by atoms with Gasteiger partial charge in [0.2, 0.25) is 0 Å². The number of halogens is 1. The molecule has 0 aliphatic carbocycles. The van der Waals surface area contributed by atoms with Crippen LogP contribution < -0.4 is 4.74 Å². The van der Waals surface area contributed by atoms with Gasteiger partial charge in [-0.3, -0.25) is 0 Å². The quantitative estimate of drug-likeness (QED) is 0.946. The van der Waals surface area contributed by atoms with E-state index in [0.29, 0.717) is 16.1 Å². The van der Waals surface area contributed by atoms with Crippen LogP contribution in [0, 0.1) is 11.3 Å². The first-order valence-electron chi connectivity index (χ1n) is 5.52. The normalized spacial score (nSPS) is 10.1. The van der Waals surface area contributed by atoms with Gasteiger partial charge in [-0.2, -0.15) is 5.26 Å². The van der Waals surface area contributed by atoms with Crippen LogP contribution in [-0.2, 0) is 6.42 Å². The van der Waals surface area contributed by atoms with Crippen molar-refractivity contribution >= 4 is 15.9 Å². The maximum atomic E-state index is 8.91. The van der Waals surface area contributed by atoms with Crippen molar-refractivity contribution in [1.29, 1.82) is 5.26 Å². The van der Waals surface area contributed by atoms with Gasteiger partial charge in [0, 0.05) is 0 Å². The molecule has 1 N–H and O–H groups in total. The van der Waals surface area contributed by atoms with Gasteiger partial charge in [-0.1, -0.05) is 13.0 Å². The number of aryl methyl sites for hydroxylation is 1. The standard InChI is InChI=1S/C13H12BrN3O/c1-3-8-4-5-11(18-2)9(6-8)13-16-10(7-15)12(14)17-13/h4-6H,3H2,1-2H3,(H,16,17). The van der Waals surface area contributed by atoms with E-state index in [9.17, 15) is 0 Å². The number of hydrogen-bond acceptors (Lipinski definition) is 3. The van der Waals surface area contributed by atoms with Crippen molar-refractivity contribution in [2.45, 2.75) is 13.3 Å². The summed E-state index contributed by atoms with van der Waals surface area (Å²) in [5.41, 5.74) is 2.39. The van der Waals surface area contributed by atoms with Crippen molar-refractivity contribution in [3.8, 4) is 23.2 Å². The molecule has 0 amide bonds. The second kappa shape index (κ2) is 5.23. The number of H-pyrrole nitrogens is 1. The number of nitrogens with zero attached hydrogens (tertiary/aromatic N) is 2. The zero-order valence-corrected chi connectivity index (χ0v) is 11.7. The maximum Gasteiger partial charge on any atom is 0.173 e. The summed E-state index contributed by atoms with van der Waals surface area (Å²) in [5.74, 6) is 1.36. The van der Waals surface area contributed by atoms with E-state index in [4.69, 9.17) is 10.00 Å². The van der Waals surface area contributed by atoms with Crippen molar-refractivity contribution < 1.29 is 4.74 Å². The number of methoxy groups -OCH3 is 1. The van der Waals surface area contributed by atoms with Gasteiger partial charge >= 0.3 is 0 Å². The van der Waals surface area contributed by atoms with Gasteiger partial charge in [0.05, 0.1) is 12.7 Å². The van der Waals surface area contributed by atoms with E-state index in [-0.39, 0.29) is 0 Å². The highest BCUT2D eigenvalue weighted by Gasteiger charge is 2.13. The molecule has 0 atom stereocenters. The Labute approximate surface area is 114 Å². The van der Waals surface area contributed by atoms with Crippen LogP contribution in [0.3, 0.4) is 0 Å². The lowest BCUT2D eigenvalue weighted by Gasteiger charge is -2.07. The molecule has 18 heavy (non-hydrogen) atoms. The number of imidazole rings is 1. The summed E-state index contributed by atoms with van der Waals surface area (Å²) >= 11 is 3.28. The third-order valence-electron chi connectivity index (χ3n) is 2.69. The average molecular weight is 306 g/mol. The third-order valence-corrected chi connectivity index (χ3v) is 3.27. The van der Waals surface area contributed by atoms with Crippen LogP contribution in [0.25, 0.3) is 11.4 Å². The molecule has 0 saturated heterocycles. The molecule has 0 spiro atoms. The van der Waals surface area contributed by atoms with E-state index in [2.05, 4.69) is 32.8 Å². The maximum absolute atomic E-state index is 8.91. The molecule has 0 fully saturated rings. The molecule has 4 nitrogen and oxygen atoms in total. The predicted octanol–water partition coefficient (Wildman–Crippen LogP) is 3.28. The minimum Gasteiger partial charge on any atom is -0.496 e. The summed E-state index contributed by atoms with van der Waals surface area (Å²) in [6.07, 6.45) is 0.935. The Bertz CT molecular complexity index is 613. The molecule has 0 aliphatic heterocycles. The Morgan fingerprint density at radius 1 is 1.50 bits per heavy atom. The number of nitriles is 1. The summed E-state index contributed by atoms with van der Waals surface area (Å²) in [6, 6.07) is 7.97. The molecule has 0 bridgehead atoms. The second-order valence-corrected chi connectivity index (χ2v) is 4.54. The topological polar surface area (TPSA) is 61.7 Å².